The van der Waals surface area contributed by atoms with Crippen molar-refractivity contribution in [1.82, 2.24) is 0 Å². The van der Waals surface area contributed by atoms with E-state index in [1.54, 1.807) is 24.3 Å². The zero-order valence-electron chi connectivity index (χ0n) is 17.2. The summed E-state index contributed by atoms with van der Waals surface area (Å²) in [6, 6.07) is 5.27. The van der Waals surface area contributed by atoms with Gasteiger partial charge < -0.3 is 18.9 Å². The number of unbranched alkanes of at least 4 members (excludes halogenated alkanes) is 4. The van der Waals surface area contributed by atoms with Crippen molar-refractivity contribution in [2.24, 2.45) is 0 Å². The van der Waals surface area contributed by atoms with Gasteiger partial charge in [0.05, 0.1) is 6.42 Å². The zero-order valence-corrected chi connectivity index (χ0v) is 17.2. The summed E-state index contributed by atoms with van der Waals surface area (Å²) >= 11 is 0. The van der Waals surface area contributed by atoms with Gasteiger partial charge in [-0.15, -0.1) is 0 Å². The first kappa shape index (κ1) is 23.9. The molecule has 0 aromatic heterocycles. The fraction of sp³-hybridized carbons (Fsp3) is 0.545. The van der Waals surface area contributed by atoms with Crippen LogP contribution in [0.4, 0.5) is 0 Å². The molecule has 0 aliphatic carbocycles. The number of Topliss-reactive ketones (excluding diaryl/α,β-unsaturated/α-hetero) is 1. The molecule has 0 aliphatic heterocycles. The fourth-order valence-electron chi connectivity index (χ4n) is 2.56. The molecule has 0 amide bonds. The molecule has 0 fully saturated rings. The van der Waals surface area contributed by atoms with E-state index in [1.165, 1.54) is 33.1 Å². The Morgan fingerprint density at radius 1 is 0.929 bits per heavy atom. The molecule has 156 valence electrons. The maximum atomic E-state index is 12.0. The predicted molar refractivity (Wildman–Crippen MR) is 108 cm³/mol. The van der Waals surface area contributed by atoms with Crippen LogP contribution in [0.5, 0.6) is 11.5 Å². The van der Waals surface area contributed by atoms with E-state index in [0.717, 1.165) is 24.8 Å². The Kier molecular flexibility index (Phi) is 12.6. The number of ether oxygens (including phenoxy) is 4. The van der Waals surface area contributed by atoms with Crippen LogP contribution < -0.4 is 9.47 Å². The third-order valence-corrected chi connectivity index (χ3v) is 4.02. The highest BCUT2D eigenvalue weighted by atomic mass is 16.7. The molecular weight excluding hydrogens is 360 g/mol. The SMILES string of the molecule is CCCCCCCC(=O)CC(=O)C=Cc1ccc(OCOC)c(OCOC)c1. The molecule has 1 rings (SSSR count). The predicted octanol–water partition coefficient (Wildman–Crippen LogP) is 4.55. The lowest BCUT2D eigenvalue weighted by Crippen LogP contribution is -2.05. The highest BCUT2D eigenvalue weighted by Gasteiger charge is 2.08. The summed E-state index contributed by atoms with van der Waals surface area (Å²) in [6.07, 6.45) is 8.95. The van der Waals surface area contributed by atoms with E-state index in [-0.39, 0.29) is 31.6 Å². The van der Waals surface area contributed by atoms with Crippen LogP contribution in [0.2, 0.25) is 0 Å². The first-order valence-electron chi connectivity index (χ1n) is 9.70. The lowest BCUT2D eigenvalue weighted by molar-refractivity contribution is -0.124. The van der Waals surface area contributed by atoms with Crippen molar-refractivity contribution in [2.45, 2.75) is 51.9 Å². The molecule has 6 heteroatoms. The van der Waals surface area contributed by atoms with Gasteiger partial charge in [-0.25, -0.2) is 0 Å². The normalized spacial score (nSPS) is 11.0. The van der Waals surface area contributed by atoms with Crippen LogP contribution >= 0.6 is 0 Å². The number of hydrogen-bond donors (Lipinski definition) is 0. The zero-order chi connectivity index (χ0) is 20.6. The van der Waals surface area contributed by atoms with E-state index >= 15 is 0 Å². The van der Waals surface area contributed by atoms with Gasteiger partial charge in [-0.2, -0.15) is 0 Å². The Morgan fingerprint density at radius 2 is 1.61 bits per heavy atom. The second kappa shape index (κ2) is 14.8. The maximum Gasteiger partial charge on any atom is 0.188 e. The highest BCUT2D eigenvalue weighted by Crippen LogP contribution is 2.29. The molecule has 1 aromatic rings. The number of carbonyl (C=O) groups is 2. The first-order chi connectivity index (χ1) is 13.6. The van der Waals surface area contributed by atoms with Gasteiger partial charge >= 0.3 is 0 Å². The molecule has 1 aromatic carbocycles. The highest BCUT2D eigenvalue weighted by molar-refractivity contribution is 6.06. The van der Waals surface area contributed by atoms with Crippen molar-refractivity contribution in [2.75, 3.05) is 27.8 Å². The Hall–Kier alpha value is -2.18. The van der Waals surface area contributed by atoms with Gasteiger partial charge in [0.25, 0.3) is 0 Å². The quantitative estimate of drug-likeness (QED) is 0.178. The number of carbonyl (C=O) groups excluding carboxylic acids is 2. The van der Waals surface area contributed by atoms with Gasteiger partial charge in [-0.1, -0.05) is 44.7 Å². The third kappa shape index (κ3) is 10.2. The van der Waals surface area contributed by atoms with Crippen LogP contribution in [0.1, 0.15) is 57.4 Å². The molecule has 0 aliphatic rings. The Bertz CT molecular complexity index is 623. The maximum absolute atomic E-state index is 12.0. The molecule has 0 saturated carbocycles. The van der Waals surface area contributed by atoms with Crippen molar-refractivity contribution < 1.29 is 28.5 Å². The number of rotatable bonds is 16. The van der Waals surface area contributed by atoms with Crippen LogP contribution in [0.15, 0.2) is 24.3 Å². The lowest BCUT2D eigenvalue weighted by atomic mass is 10.1. The molecule has 0 radical (unpaired) electrons. The monoisotopic (exact) mass is 392 g/mol. The van der Waals surface area contributed by atoms with Gasteiger partial charge in [-0.05, 0) is 30.2 Å². The summed E-state index contributed by atoms with van der Waals surface area (Å²) in [5, 5.41) is 0. The second-order valence-corrected chi connectivity index (χ2v) is 6.49. The lowest BCUT2D eigenvalue weighted by Gasteiger charge is -2.12. The van der Waals surface area contributed by atoms with E-state index in [1.807, 2.05) is 0 Å². The molecule has 0 saturated heterocycles. The second-order valence-electron chi connectivity index (χ2n) is 6.49. The topological polar surface area (TPSA) is 71.1 Å². The minimum atomic E-state index is -0.197. The van der Waals surface area contributed by atoms with Crippen LogP contribution in [-0.2, 0) is 19.1 Å². The molecule has 28 heavy (non-hydrogen) atoms. The van der Waals surface area contributed by atoms with E-state index in [0.29, 0.717) is 17.9 Å². The van der Waals surface area contributed by atoms with Gasteiger partial charge in [0, 0.05) is 20.6 Å². The number of allylic oxidation sites excluding steroid dienone is 1. The van der Waals surface area contributed by atoms with Crippen molar-refractivity contribution in [3.8, 4) is 11.5 Å². The summed E-state index contributed by atoms with van der Waals surface area (Å²) in [6.45, 7) is 2.32. The fourth-order valence-corrected chi connectivity index (χ4v) is 2.56. The van der Waals surface area contributed by atoms with E-state index in [4.69, 9.17) is 18.9 Å². The standard InChI is InChI=1S/C22H32O6/c1-4-5-6-7-8-9-19(23)15-20(24)12-10-18-11-13-21(27-16-25-2)22(14-18)28-17-26-3/h10-14H,4-9,15-17H2,1-3H3. The molecule has 0 spiro atoms. The van der Waals surface area contributed by atoms with E-state index in [9.17, 15) is 9.59 Å². The minimum absolute atomic E-state index is 0.00132. The minimum Gasteiger partial charge on any atom is -0.464 e. The molecule has 0 atom stereocenters. The molecule has 0 heterocycles. The Balaban J connectivity index is 2.56. The number of benzene rings is 1. The van der Waals surface area contributed by atoms with Gasteiger partial charge in [0.2, 0.25) is 0 Å². The summed E-state index contributed by atoms with van der Waals surface area (Å²) in [5.74, 6) is 0.800. The largest absolute Gasteiger partial charge is 0.464 e. The third-order valence-electron chi connectivity index (χ3n) is 4.02. The van der Waals surface area contributed by atoms with Crippen LogP contribution in [0, 0.1) is 0 Å². The smallest absolute Gasteiger partial charge is 0.188 e. The summed E-state index contributed by atoms with van der Waals surface area (Å²) in [5.41, 5.74) is 0.760. The van der Waals surface area contributed by atoms with Crippen molar-refractivity contribution in [3.05, 3.63) is 29.8 Å². The summed E-state index contributed by atoms with van der Waals surface area (Å²) < 4.78 is 20.8. The average molecular weight is 392 g/mol. The number of hydrogen-bond acceptors (Lipinski definition) is 6. The summed E-state index contributed by atoms with van der Waals surface area (Å²) in [7, 11) is 3.06. The van der Waals surface area contributed by atoms with Gasteiger partial charge in [0.1, 0.15) is 5.78 Å². The first-order valence-corrected chi connectivity index (χ1v) is 9.70. The molecular formula is C22H32O6. The van der Waals surface area contributed by atoms with Crippen molar-refractivity contribution in [3.63, 3.8) is 0 Å². The average Bonchev–Trinajstić information content (AvgIpc) is 2.69. The van der Waals surface area contributed by atoms with Crippen molar-refractivity contribution >= 4 is 17.6 Å². The van der Waals surface area contributed by atoms with E-state index in [2.05, 4.69) is 6.92 Å². The van der Waals surface area contributed by atoms with Crippen LogP contribution in [0.3, 0.4) is 0 Å². The Morgan fingerprint density at radius 3 is 2.29 bits per heavy atom. The van der Waals surface area contributed by atoms with E-state index < -0.39 is 0 Å². The molecule has 0 N–H and O–H groups in total. The van der Waals surface area contributed by atoms with Crippen LogP contribution in [0.25, 0.3) is 6.08 Å². The molecule has 0 unspecified atom stereocenters. The van der Waals surface area contributed by atoms with Gasteiger partial charge in [0.15, 0.2) is 30.9 Å². The van der Waals surface area contributed by atoms with Crippen LogP contribution in [-0.4, -0.2) is 39.4 Å². The summed E-state index contributed by atoms with van der Waals surface area (Å²) in [4.78, 5) is 23.9. The van der Waals surface area contributed by atoms with Gasteiger partial charge in [-0.3, -0.25) is 9.59 Å². The number of methoxy groups -OCH3 is 2. The number of ketones is 2. The van der Waals surface area contributed by atoms with Crippen molar-refractivity contribution in [1.29, 1.82) is 0 Å². The Labute approximate surface area is 167 Å². The molecule has 6 nitrogen and oxygen atoms in total. The molecule has 0 bridgehead atoms.